The summed E-state index contributed by atoms with van der Waals surface area (Å²) in [5, 5.41) is 0. The van der Waals surface area contributed by atoms with Gasteiger partial charge in [0.25, 0.3) is 5.56 Å². The molecule has 1 aromatic heterocycles. The number of esters is 1. The van der Waals surface area contributed by atoms with Crippen LogP contribution in [0.25, 0.3) is 11.1 Å². The van der Waals surface area contributed by atoms with Gasteiger partial charge in [0.05, 0.1) is 0 Å². The molecule has 0 N–H and O–H groups in total. The van der Waals surface area contributed by atoms with Crippen LogP contribution >= 0.6 is 0 Å². The summed E-state index contributed by atoms with van der Waals surface area (Å²) in [7, 11) is 0. The van der Waals surface area contributed by atoms with Crippen molar-refractivity contribution in [3.8, 4) is 17.0 Å². The van der Waals surface area contributed by atoms with E-state index in [9.17, 15) is 9.59 Å². The number of carbonyl (C=O) groups excluding carboxylic acids is 1. The molecule has 144 valence electrons. The molecule has 0 bridgehead atoms. The Kier molecular flexibility index (Phi) is 4.70. The maximum absolute atomic E-state index is 13.4. The second-order valence-corrected chi connectivity index (χ2v) is 7.78. The Morgan fingerprint density at radius 1 is 1.11 bits per heavy atom. The minimum atomic E-state index is -0.291. The van der Waals surface area contributed by atoms with E-state index in [1.807, 2.05) is 4.68 Å². The second kappa shape index (κ2) is 7.02. The van der Waals surface area contributed by atoms with E-state index in [-0.39, 0.29) is 11.5 Å². The van der Waals surface area contributed by atoms with Crippen molar-refractivity contribution in [1.29, 1.82) is 0 Å². The molecule has 1 aliphatic carbocycles. The van der Waals surface area contributed by atoms with E-state index in [1.165, 1.54) is 29.5 Å². The highest BCUT2D eigenvalue weighted by molar-refractivity contribution is 5.80. The molecule has 1 aliphatic heterocycles. The summed E-state index contributed by atoms with van der Waals surface area (Å²) in [6.45, 7) is 7.42. The molecule has 27 heavy (non-hydrogen) atoms. The van der Waals surface area contributed by atoms with Gasteiger partial charge >= 0.3 is 5.97 Å². The van der Waals surface area contributed by atoms with Crippen molar-refractivity contribution in [1.82, 2.24) is 9.36 Å². The van der Waals surface area contributed by atoms with Gasteiger partial charge in [-0.25, -0.2) is 4.68 Å². The molecule has 1 saturated carbocycles. The van der Waals surface area contributed by atoms with Crippen molar-refractivity contribution >= 4 is 5.97 Å². The lowest BCUT2D eigenvalue weighted by Crippen LogP contribution is -2.27. The van der Waals surface area contributed by atoms with E-state index in [4.69, 9.17) is 4.74 Å². The van der Waals surface area contributed by atoms with Gasteiger partial charge in [-0.05, 0) is 61.6 Å². The topological polar surface area (TPSA) is 53.2 Å². The van der Waals surface area contributed by atoms with Crippen molar-refractivity contribution < 1.29 is 9.53 Å². The number of aromatic nitrogens is 2. The first-order valence-corrected chi connectivity index (χ1v) is 10.2. The number of rotatable bonds is 5. The van der Waals surface area contributed by atoms with Crippen molar-refractivity contribution in [3.05, 3.63) is 39.2 Å². The van der Waals surface area contributed by atoms with Gasteiger partial charge in [-0.1, -0.05) is 31.5 Å². The maximum atomic E-state index is 13.4. The van der Waals surface area contributed by atoms with E-state index in [0.717, 1.165) is 24.8 Å². The van der Waals surface area contributed by atoms with Crippen LogP contribution < -0.4 is 10.3 Å². The largest absolute Gasteiger partial charge is 0.407 e. The van der Waals surface area contributed by atoms with Crippen molar-refractivity contribution in [2.75, 3.05) is 0 Å². The summed E-state index contributed by atoms with van der Waals surface area (Å²) < 4.78 is 9.42. The summed E-state index contributed by atoms with van der Waals surface area (Å²) in [4.78, 5) is 25.6. The zero-order chi connectivity index (χ0) is 19.1. The Labute approximate surface area is 159 Å². The lowest BCUT2D eigenvalue weighted by Gasteiger charge is -2.19. The number of fused-ring (bicyclic) bond motifs is 1. The molecule has 5 heteroatoms. The van der Waals surface area contributed by atoms with Crippen LogP contribution in [0, 0.1) is 6.92 Å². The molecule has 0 radical (unpaired) electrons. The van der Waals surface area contributed by atoms with E-state index < -0.39 is 0 Å². The fourth-order valence-electron chi connectivity index (χ4n) is 4.23. The highest BCUT2D eigenvalue weighted by atomic mass is 16.5. The number of nitrogens with zero attached hydrogens (tertiary/aromatic N) is 2. The van der Waals surface area contributed by atoms with Gasteiger partial charge in [-0.3, -0.25) is 14.3 Å². The first kappa shape index (κ1) is 18.1. The van der Waals surface area contributed by atoms with Crippen LogP contribution in [0.4, 0.5) is 0 Å². The highest BCUT2D eigenvalue weighted by Crippen LogP contribution is 2.47. The normalized spacial score (nSPS) is 16.3. The quantitative estimate of drug-likeness (QED) is 0.744. The van der Waals surface area contributed by atoms with Crippen LogP contribution in [-0.4, -0.2) is 15.3 Å². The van der Waals surface area contributed by atoms with Crippen LogP contribution in [0.2, 0.25) is 0 Å². The first-order valence-electron chi connectivity index (χ1n) is 10.2. The average molecular weight is 368 g/mol. The lowest BCUT2D eigenvalue weighted by atomic mass is 9.90. The Balaban J connectivity index is 2.01. The van der Waals surface area contributed by atoms with Crippen LogP contribution in [-0.2, 0) is 24.3 Å². The minimum Gasteiger partial charge on any atom is -0.407 e. The summed E-state index contributed by atoms with van der Waals surface area (Å²) in [6, 6.07) is 4.39. The number of aryl methyl sites for hydroxylation is 2. The van der Waals surface area contributed by atoms with Crippen LogP contribution in [0.1, 0.15) is 68.6 Å². The fraction of sp³-hybridized carbons (Fsp3) is 0.545. The third-order valence-corrected chi connectivity index (χ3v) is 5.72. The molecule has 0 atom stereocenters. The number of hydrogen-bond acceptors (Lipinski definition) is 3. The van der Waals surface area contributed by atoms with Gasteiger partial charge in [-0.15, -0.1) is 0 Å². The highest BCUT2D eigenvalue weighted by Gasteiger charge is 2.33. The number of benzene rings is 1. The van der Waals surface area contributed by atoms with Crippen molar-refractivity contribution in [3.63, 3.8) is 0 Å². The Bertz CT molecular complexity index is 947. The molecule has 1 fully saturated rings. The predicted octanol–water partition coefficient (Wildman–Crippen LogP) is 4.17. The Hall–Kier alpha value is -2.30. The van der Waals surface area contributed by atoms with Gasteiger partial charge < -0.3 is 4.74 Å². The van der Waals surface area contributed by atoms with Crippen LogP contribution in [0.15, 0.2) is 16.9 Å². The molecule has 0 spiro atoms. The second-order valence-electron chi connectivity index (χ2n) is 7.78. The van der Waals surface area contributed by atoms with E-state index in [1.54, 1.807) is 11.6 Å². The molecular formula is C22H28N2O3. The van der Waals surface area contributed by atoms with Gasteiger partial charge in [0.15, 0.2) is 0 Å². The number of ether oxygens (including phenoxy) is 1. The van der Waals surface area contributed by atoms with Gasteiger partial charge in [0.2, 0.25) is 5.88 Å². The van der Waals surface area contributed by atoms with Crippen LogP contribution in [0.5, 0.6) is 5.88 Å². The van der Waals surface area contributed by atoms with E-state index in [0.29, 0.717) is 36.9 Å². The molecule has 2 heterocycles. The first-order chi connectivity index (χ1) is 13.0. The summed E-state index contributed by atoms with van der Waals surface area (Å²) in [5.41, 5.74) is 5.25. The van der Waals surface area contributed by atoms with Gasteiger partial charge in [-0.2, -0.15) is 0 Å². The molecule has 5 nitrogen and oxygen atoms in total. The Morgan fingerprint density at radius 2 is 1.81 bits per heavy atom. The molecule has 1 aromatic carbocycles. The smallest absolute Gasteiger partial charge is 0.312 e. The lowest BCUT2D eigenvalue weighted by molar-refractivity contribution is -0.134. The molecule has 2 aromatic rings. The molecule has 4 rings (SSSR count). The molecule has 0 saturated heterocycles. The minimum absolute atomic E-state index is 0.0194. The average Bonchev–Trinajstić information content (AvgIpc) is 3.49. The summed E-state index contributed by atoms with van der Waals surface area (Å²) >= 11 is 0. The predicted molar refractivity (Wildman–Crippen MR) is 105 cm³/mol. The standard InChI is InChI=1S/C22H28N2O3/c1-4-15-12-14(3)13-17(16-8-9-16)19(15)20-21(26)23-10-6-7-11-24(23)22(20)27-18(25)5-2/h12-13,16H,4-11H2,1-3H3. The number of carbonyl (C=O) groups is 1. The van der Waals surface area contributed by atoms with E-state index in [2.05, 4.69) is 26.0 Å². The van der Waals surface area contributed by atoms with Crippen LogP contribution in [0.3, 0.4) is 0 Å². The zero-order valence-electron chi connectivity index (χ0n) is 16.5. The van der Waals surface area contributed by atoms with Crippen molar-refractivity contribution in [2.24, 2.45) is 0 Å². The van der Waals surface area contributed by atoms with Gasteiger partial charge in [0.1, 0.15) is 5.56 Å². The molecule has 2 aliphatic rings. The molecular weight excluding hydrogens is 340 g/mol. The monoisotopic (exact) mass is 368 g/mol. The SMILES string of the molecule is CCC(=O)Oc1c(-c2c(CC)cc(C)cc2C2CC2)c(=O)n2n1CCCC2. The molecule has 0 unspecified atom stereocenters. The number of hydrogen-bond donors (Lipinski definition) is 0. The fourth-order valence-corrected chi connectivity index (χ4v) is 4.23. The summed E-state index contributed by atoms with van der Waals surface area (Å²) in [5.74, 6) is 0.675. The zero-order valence-corrected chi connectivity index (χ0v) is 16.5. The van der Waals surface area contributed by atoms with Gasteiger partial charge in [0, 0.05) is 19.5 Å². The maximum Gasteiger partial charge on any atom is 0.312 e. The third kappa shape index (κ3) is 3.13. The Morgan fingerprint density at radius 3 is 2.44 bits per heavy atom. The summed E-state index contributed by atoms with van der Waals surface area (Å²) in [6.07, 6.45) is 5.45. The van der Waals surface area contributed by atoms with E-state index >= 15 is 0 Å². The molecule has 0 amide bonds. The van der Waals surface area contributed by atoms with Crippen molar-refractivity contribution in [2.45, 2.75) is 78.3 Å². The third-order valence-electron chi connectivity index (χ3n) is 5.72.